The molecular formula is C28H37NO2Si. The average molecular weight is 448 g/mol. The highest BCUT2D eigenvalue weighted by Gasteiger charge is 2.21. The Labute approximate surface area is 196 Å². The van der Waals surface area contributed by atoms with Gasteiger partial charge in [-0.15, -0.1) is 0 Å². The molecule has 0 heterocycles. The molecule has 0 amide bonds. The Hall–Kier alpha value is -2.61. The van der Waals surface area contributed by atoms with Crippen molar-refractivity contribution < 1.29 is 9.53 Å². The molecule has 0 saturated heterocycles. The molecule has 0 aliphatic heterocycles. The lowest BCUT2D eigenvalue weighted by atomic mass is 9.98. The van der Waals surface area contributed by atoms with Gasteiger partial charge in [-0.2, -0.15) is 0 Å². The fourth-order valence-electron chi connectivity index (χ4n) is 3.35. The lowest BCUT2D eigenvalue weighted by molar-refractivity contribution is 0.112. The van der Waals surface area contributed by atoms with E-state index in [0.717, 1.165) is 31.7 Å². The topological polar surface area (TPSA) is 29.5 Å². The Morgan fingerprint density at radius 2 is 1.78 bits per heavy atom. The van der Waals surface area contributed by atoms with Crippen LogP contribution in [-0.4, -0.2) is 39.0 Å². The van der Waals surface area contributed by atoms with Gasteiger partial charge >= 0.3 is 0 Å². The molecule has 32 heavy (non-hydrogen) atoms. The van der Waals surface area contributed by atoms with E-state index >= 15 is 0 Å². The van der Waals surface area contributed by atoms with E-state index in [-0.39, 0.29) is 10.6 Å². The van der Waals surface area contributed by atoms with Gasteiger partial charge in [0, 0.05) is 24.1 Å². The highest BCUT2D eigenvalue weighted by atomic mass is 28.2. The van der Waals surface area contributed by atoms with Crippen LogP contribution in [0.3, 0.4) is 0 Å². The summed E-state index contributed by atoms with van der Waals surface area (Å²) in [6, 6.07) is 16.3. The number of likely N-dealkylation sites (N-methyl/N-ethyl adjacent to an activating group) is 1. The van der Waals surface area contributed by atoms with Crippen molar-refractivity contribution in [1.29, 1.82) is 0 Å². The first kappa shape index (κ1) is 25.6. The van der Waals surface area contributed by atoms with E-state index in [1.807, 2.05) is 24.3 Å². The summed E-state index contributed by atoms with van der Waals surface area (Å²) >= 11 is 0. The van der Waals surface area contributed by atoms with Gasteiger partial charge < -0.3 is 4.74 Å². The van der Waals surface area contributed by atoms with E-state index in [1.54, 1.807) is 0 Å². The van der Waals surface area contributed by atoms with Crippen molar-refractivity contribution in [3.63, 3.8) is 0 Å². The second kappa shape index (κ2) is 11.9. The van der Waals surface area contributed by atoms with Gasteiger partial charge in [0.25, 0.3) is 0 Å². The van der Waals surface area contributed by atoms with E-state index in [0.29, 0.717) is 5.56 Å². The van der Waals surface area contributed by atoms with Crippen LogP contribution in [0.5, 0.6) is 5.75 Å². The molecule has 0 aliphatic carbocycles. The molecule has 2 aromatic carbocycles. The van der Waals surface area contributed by atoms with Crippen molar-refractivity contribution in [2.24, 2.45) is 5.41 Å². The zero-order chi connectivity index (χ0) is 23.6. The lowest BCUT2D eigenvalue weighted by Crippen LogP contribution is -2.42. The van der Waals surface area contributed by atoms with E-state index in [1.165, 1.54) is 10.8 Å². The molecular weight excluding hydrogens is 410 g/mol. The molecule has 0 aromatic heterocycles. The van der Waals surface area contributed by atoms with Crippen LogP contribution in [0.25, 0.3) is 0 Å². The van der Waals surface area contributed by atoms with E-state index < -0.39 is 9.52 Å². The number of allylic oxidation sites excluding steroid dienone is 1. The normalized spacial score (nSPS) is 12.3. The minimum Gasteiger partial charge on any atom is -0.492 e. The second-order valence-corrected chi connectivity index (χ2v) is 12.7. The third-order valence-corrected chi connectivity index (χ3v) is 6.78. The summed E-state index contributed by atoms with van der Waals surface area (Å²) in [5, 5.41) is 1.07. The van der Waals surface area contributed by atoms with Crippen LogP contribution in [-0.2, 0) is 6.54 Å². The van der Waals surface area contributed by atoms with Crippen LogP contribution in [0.4, 0.5) is 0 Å². The fourth-order valence-corrected chi connectivity index (χ4v) is 5.04. The Morgan fingerprint density at radius 1 is 1.06 bits per heavy atom. The summed E-state index contributed by atoms with van der Waals surface area (Å²) in [6.45, 7) is 15.6. The van der Waals surface area contributed by atoms with E-state index in [9.17, 15) is 4.79 Å². The number of nitrogens with zero attached hydrogens (tertiary/aromatic N) is 1. The molecule has 0 N–H and O–H groups in total. The van der Waals surface area contributed by atoms with Gasteiger partial charge in [-0.1, -0.05) is 66.4 Å². The van der Waals surface area contributed by atoms with E-state index in [2.05, 4.69) is 94.7 Å². The van der Waals surface area contributed by atoms with Crippen molar-refractivity contribution >= 4 is 21.0 Å². The fraction of sp³-hybridized carbons (Fsp3) is 0.393. The molecule has 2 rings (SSSR count). The quantitative estimate of drug-likeness (QED) is 0.304. The van der Waals surface area contributed by atoms with Crippen LogP contribution >= 0.6 is 0 Å². The van der Waals surface area contributed by atoms with Gasteiger partial charge in [0.05, 0.1) is 5.22 Å². The van der Waals surface area contributed by atoms with Crippen molar-refractivity contribution in [3.05, 3.63) is 71.8 Å². The van der Waals surface area contributed by atoms with Crippen LogP contribution in [0.2, 0.25) is 0 Å². The number of hydrogen-bond donors (Lipinski definition) is 0. The number of carbonyl (C=O) groups excluding carboxylic acids is 1. The summed E-state index contributed by atoms with van der Waals surface area (Å²) in [7, 11) is -0.687. The third kappa shape index (κ3) is 9.68. The maximum atomic E-state index is 10.9. The zero-order valence-corrected chi connectivity index (χ0v) is 21.9. The Bertz CT molecular complexity index is 959. The number of rotatable bonds is 10. The molecule has 0 radical (unpaired) electrons. The third-order valence-electron chi connectivity index (χ3n) is 4.90. The predicted molar refractivity (Wildman–Crippen MR) is 138 cm³/mol. The molecule has 0 spiro atoms. The van der Waals surface area contributed by atoms with Gasteiger partial charge in [-0.3, -0.25) is 9.69 Å². The van der Waals surface area contributed by atoms with Gasteiger partial charge in [-0.05, 0) is 64.9 Å². The number of carbonyl (C=O) groups is 1. The molecule has 0 saturated carbocycles. The monoisotopic (exact) mass is 447 g/mol. The maximum Gasteiger partial charge on any atom is 0.150 e. The van der Waals surface area contributed by atoms with Crippen LogP contribution in [0.15, 0.2) is 60.7 Å². The number of aldehydes is 1. The zero-order valence-electron chi connectivity index (χ0n) is 20.4. The highest BCUT2D eigenvalue weighted by molar-refractivity contribution is 6.56. The molecule has 2 aromatic rings. The standard InChI is InChI=1S/C28H37NO2Si/c1-7-29(19-10-8-9-18-27(2,3)4)21-24-12-11-13-25(20-24)31-28(5,6)32-26-16-14-23(22-30)15-17-26/h8,10-17,20,22H,7,19,21,32H2,1-6H3. The number of ether oxygens (including phenoxy) is 1. The molecule has 0 aliphatic rings. The van der Waals surface area contributed by atoms with Gasteiger partial charge in [0.15, 0.2) is 0 Å². The molecule has 0 bridgehead atoms. The number of hydrogen-bond acceptors (Lipinski definition) is 3. The first-order valence-electron chi connectivity index (χ1n) is 11.3. The molecule has 4 heteroatoms. The Kier molecular flexibility index (Phi) is 9.50. The van der Waals surface area contributed by atoms with Gasteiger partial charge in [-0.25, -0.2) is 0 Å². The second-order valence-electron chi connectivity index (χ2n) is 9.79. The first-order chi connectivity index (χ1) is 15.1. The summed E-state index contributed by atoms with van der Waals surface area (Å²) in [4.78, 5) is 13.2. The minimum atomic E-state index is -0.687. The summed E-state index contributed by atoms with van der Waals surface area (Å²) in [5.74, 6) is 7.28. The average Bonchev–Trinajstić information content (AvgIpc) is 2.72. The van der Waals surface area contributed by atoms with Gasteiger partial charge in [0.1, 0.15) is 21.6 Å². The largest absolute Gasteiger partial charge is 0.492 e. The maximum absolute atomic E-state index is 10.9. The first-order valence-corrected chi connectivity index (χ1v) is 12.7. The van der Waals surface area contributed by atoms with Gasteiger partial charge in [0.2, 0.25) is 0 Å². The number of benzene rings is 2. The molecule has 170 valence electrons. The summed E-state index contributed by atoms with van der Waals surface area (Å²) in [5.41, 5.74) is 1.99. The summed E-state index contributed by atoms with van der Waals surface area (Å²) < 4.78 is 6.40. The van der Waals surface area contributed by atoms with Crippen molar-refractivity contribution in [3.8, 4) is 17.6 Å². The van der Waals surface area contributed by atoms with Crippen LogP contribution in [0, 0.1) is 17.3 Å². The highest BCUT2D eigenvalue weighted by Crippen LogP contribution is 2.20. The smallest absolute Gasteiger partial charge is 0.150 e. The van der Waals surface area contributed by atoms with Crippen molar-refractivity contribution in [2.45, 2.75) is 53.3 Å². The Morgan fingerprint density at radius 3 is 2.41 bits per heavy atom. The summed E-state index contributed by atoms with van der Waals surface area (Å²) in [6.07, 6.45) is 4.97. The van der Waals surface area contributed by atoms with Crippen LogP contribution in [0.1, 0.15) is 57.5 Å². The molecule has 3 nitrogen and oxygen atoms in total. The molecule has 0 fully saturated rings. The molecule has 0 atom stereocenters. The minimum absolute atomic E-state index is 0.0326. The Balaban J connectivity index is 1.97. The predicted octanol–water partition coefficient (Wildman–Crippen LogP) is 4.54. The van der Waals surface area contributed by atoms with Crippen molar-refractivity contribution in [1.82, 2.24) is 4.90 Å². The van der Waals surface area contributed by atoms with E-state index in [4.69, 9.17) is 4.74 Å². The SMILES string of the molecule is CCN(CC=CC#CC(C)(C)C)Cc1cccc(OC(C)(C)[SiH2]c2ccc(C=O)cc2)c1. The van der Waals surface area contributed by atoms with Crippen molar-refractivity contribution in [2.75, 3.05) is 13.1 Å². The van der Waals surface area contributed by atoms with Crippen LogP contribution < -0.4 is 9.92 Å². The molecule has 0 unspecified atom stereocenters. The lowest BCUT2D eigenvalue weighted by Gasteiger charge is -2.27.